The Morgan fingerprint density at radius 3 is 2.50 bits per heavy atom. The highest BCUT2D eigenvalue weighted by Crippen LogP contribution is 2.23. The third kappa shape index (κ3) is 4.43. The van der Waals surface area contributed by atoms with Gasteiger partial charge >= 0.3 is 0 Å². The first-order valence-corrected chi connectivity index (χ1v) is 8.34. The quantitative estimate of drug-likeness (QED) is 0.727. The predicted octanol–water partition coefficient (Wildman–Crippen LogP) is 4.39. The van der Waals surface area contributed by atoms with Crippen molar-refractivity contribution in [2.75, 3.05) is 26.2 Å². The summed E-state index contributed by atoms with van der Waals surface area (Å²) in [5.41, 5.74) is 1.37. The lowest BCUT2D eigenvalue weighted by molar-refractivity contribution is 0.337. The third-order valence-electron chi connectivity index (χ3n) is 4.26. The van der Waals surface area contributed by atoms with Crippen LogP contribution in [0.15, 0.2) is 54.6 Å². The largest absolute Gasteiger partial charge is 0.307 e. The molecule has 1 N–H and O–H groups in total. The van der Waals surface area contributed by atoms with Gasteiger partial charge < -0.3 is 10.2 Å². The predicted molar refractivity (Wildman–Crippen MR) is 97.3 cm³/mol. The number of hydrogen-bond donors (Lipinski definition) is 1. The van der Waals surface area contributed by atoms with E-state index in [9.17, 15) is 0 Å². The van der Waals surface area contributed by atoms with Crippen molar-refractivity contribution >= 4 is 10.8 Å². The van der Waals surface area contributed by atoms with Crippen LogP contribution in [0.1, 0.15) is 32.4 Å². The molecule has 0 radical (unpaired) electrons. The molecule has 0 amide bonds. The molecule has 0 bridgehead atoms. The Labute approximate surface area is 134 Å². The first kappa shape index (κ1) is 16.7. The van der Waals surface area contributed by atoms with Gasteiger partial charge in [-0.2, -0.15) is 0 Å². The second-order valence-corrected chi connectivity index (χ2v) is 5.66. The molecular weight excluding hydrogens is 268 g/mol. The molecular formula is C20H28N2. The minimum atomic E-state index is 0.351. The van der Waals surface area contributed by atoms with Crippen LogP contribution in [0.3, 0.4) is 0 Å². The summed E-state index contributed by atoms with van der Waals surface area (Å²) < 4.78 is 0. The lowest BCUT2D eigenvalue weighted by Gasteiger charge is -2.16. The number of fused-ring (bicyclic) bond motifs is 1. The third-order valence-corrected chi connectivity index (χ3v) is 4.26. The van der Waals surface area contributed by atoms with Crippen LogP contribution in [-0.2, 0) is 0 Å². The van der Waals surface area contributed by atoms with Crippen LogP contribution in [0.2, 0.25) is 0 Å². The van der Waals surface area contributed by atoms with E-state index in [0.717, 1.165) is 26.2 Å². The highest BCUT2D eigenvalue weighted by atomic mass is 15.1. The average Bonchev–Trinajstić information content (AvgIpc) is 2.57. The van der Waals surface area contributed by atoms with Crippen LogP contribution in [-0.4, -0.2) is 31.1 Å². The highest BCUT2D eigenvalue weighted by Gasteiger charge is 2.07. The Balaban J connectivity index is 1.92. The lowest BCUT2D eigenvalue weighted by Crippen LogP contribution is -2.23. The van der Waals surface area contributed by atoms with Crippen molar-refractivity contribution in [1.29, 1.82) is 0 Å². The van der Waals surface area contributed by atoms with Crippen LogP contribution in [0.4, 0.5) is 0 Å². The van der Waals surface area contributed by atoms with Gasteiger partial charge in [-0.25, -0.2) is 0 Å². The van der Waals surface area contributed by atoms with Gasteiger partial charge in [-0.3, -0.25) is 0 Å². The molecule has 1 atom stereocenters. The van der Waals surface area contributed by atoms with E-state index in [1.165, 1.54) is 16.3 Å². The fourth-order valence-electron chi connectivity index (χ4n) is 2.77. The minimum absolute atomic E-state index is 0.351. The second kappa shape index (κ2) is 8.72. The number of benzene rings is 2. The van der Waals surface area contributed by atoms with Gasteiger partial charge in [-0.1, -0.05) is 68.5 Å². The summed E-state index contributed by atoms with van der Waals surface area (Å²) in [7, 11) is 0. The van der Waals surface area contributed by atoms with Gasteiger partial charge in [0.05, 0.1) is 0 Å². The fourth-order valence-corrected chi connectivity index (χ4v) is 2.77. The van der Waals surface area contributed by atoms with E-state index in [1.807, 2.05) is 0 Å². The number of hydrogen-bond acceptors (Lipinski definition) is 2. The molecule has 0 saturated carbocycles. The maximum atomic E-state index is 3.60. The van der Waals surface area contributed by atoms with Crippen LogP contribution >= 0.6 is 0 Å². The van der Waals surface area contributed by atoms with Gasteiger partial charge in [-0.15, -0.1) is 0 Å². The summed E-state index contributed by atoms with van der Waals surface area (Å²) in [6, 6.07) is 15.5. The van der Waals surface area contributed by atoms with Crippen LogP contribution in [0, 0.1) is 0 Å². The topological polar surface area (TPSA) is 15.3 Å². The van der Waals surface area contributed by atoms with E-state index in [-0.39, 0.29) is 0 Å². The maximum Gasteiger partial charge on any atom is 0.0300 e. The Bertz CT molecular complexity index is 594. The zero-order valence-electron chi connectivity index (χ0n) is 14.0. The van der Waals surface area contributed by atoms with Crippen LogP contribution in [0.5, 0.6) is 0 Å². The molecule has 0 fully saturated rings. The van der Waals surface area contributed by atoms with Crippen LogP contribution < -0.4 is 5.32 Å². The second-order valence-electron chi connectivity index (χ2n) is 5.66. The molecule has 0 unspecified atom stereocenters. The smallest absolute Gasteiger partial charge is 0.0300 e. The number of nitrogens with zero attached hydrogens (tertiary/aromatic N) is 1. The standard InChI is InChI=1S/C20H28N2/c1-4-22(5-2)16-9-8-15-21-17(3)19-14-10-12-18-11-6-7-13-20(18)19/h6-14,17,21H,4-5,15-16H2,1-3H3/b9-8+/t17-/m1/s1. The summed E-state index contributed by atoms with van der Waals surface area (Å²) >= 11 is 0. The number of likely N-dealkylation sites (N-methyl/N-ethyl adjacent to an activating group) is 1. The lowest BCUT2D eigenvalue weighted by atomic mass is 10.00. The summed E-state index contributed by atoms with van der Waals surface area (Å²) in [4.78, 5) is 2.41. The molecule has 2 heteroatoms. The van der Waals surface area contributed by atoms with Gasteiger partial charge in [0, 0.05) is 19.1 Å². The van der Waals surface area contributed by atoms with Crippen molar-refractivity contribution < 1.29 is 0 Å². The molecule has 0 heterocycles. The molecule has 0 aliphatic carbocycles. The maximum absolute atomic E-state index is 3.60. The Hall–Kier alpha value is -1.64. The molecule has 0 aliphatic heterocycles. The zero-order valence-corrected chi connectivity index (χ0v) is 14.0. The molecule has 118 valence electrons. The van der Waals surface area contributed by atoms with E-state index in [2.05, 4.69) is 85.6 Å². The van der Waals surface area contributed by atoms with Gasteiger partial charge in [0.1, 0.15) is 0 Å². The summed E-state index contributed by atoms with van der Waals surface area (Å²) in [6.07, 6.45) is 4.50. The number of nitrogens with one attached hydrogen (secondary N) is 1. The molecule has 2 aromatic rings. The zero-order chi connectivity index (χ0) is 15.8. The summed E-state index contributed by atoms with van der Waals surface area (Å²) in [5, 5.41) is 6.25. The fraction of sp³-hybridized carbons (Fsp3) is 0.400. The average molecular weight is 296 g/mol. The van der Waals surface area contributed by atoms with Crippen molar-refractivity contribution in [2.45, 2.75) is 26.8 Å². The molecule has 0 saturated heterocycles. The Kier molecular flexibility index (Phi) is 6.63. The molecule has 0 aromatic heterocycles. The summed E-state index contributed by atoms with van der Waals surface area (Å²) in [5.74, 6) is 0. The monoisotopic (exact) mass is 296 g/mol. The molecule has 2 aromatic carbocycles. The van der Waals surface area contributed by atoms with E-state index in [0.29, 0.717) is 6.04 Å². The minimum Gasteiger partial charge on any atom is -0.307 e. The van der Waals surface area contributed by atoms with E-state index in [4.69, 9.17) is 0 Å². The van der Waals surface area contributed by atoms with Crippen molar-refractivity contribution in [2.24, 2.45) is 0 Å². The van der Waals surface area contributed by atoms with E-state index < -0.39 is 0 Å². The normalized spacial score (nSPS) is 13.3. The van der Waals surface area contributed by atoms with Gasteiger partial charge in [-0.05, 0) is 36.3 Å². The van der Waals surface area contributed by atoms with Crippen LogP contribution in [0.25, 0.3) is 10.8 Å². The SMILES string of the molecule is CCN(CC)C/C=C/CN[C@H](C)c1cccc2ccccc12. The molecule has 2 nitrogen and oxygen atoms in total. The Morgan fingerprint density at radius 2 is 1.73 bits per heavy atom. The van der Waals surface area contributed by atoms with Crippen molar-refractivity contribution in [1.82, 2.24) is 10.2 Å². The first-order valence-electron chi connectivity index (χ1n) is 8.34. The van der Waals surface area contributed by atoms with Gasteiger partial charge in [0.2, 0.25) is 0 Å². The molecule has 0 aliphatic rings. The van der Waals surface area contributed by atoms with Crippen molar-refractivity contribution in [3.8, 4) is 0 Å². The van der Waals surface area contributed by atoms with Gasteiger partial charge in [0.15, 0.2) is 0 Å². The van der Waals surface area contributed by atoms with Crippen molar-refractivity contribution in [3.05, 3.63) is 60.2 Å². The number of rotatable bonds is 8. The summed E-state index contributed by atoms with van der Waals surface area (Å²) in [6.45, 7) is 10.8. The van der Waals surface area contributed by atoms with Crippen molar-refractivity contribution in [3.63, 3.8) is 0 Å². The highest BCUT2D eigenvalue weighted by molar-refractivity contribution is 5.86. The molecule has 0 spiro atoms. The molecule has 2 rings (SSSR count). The van der Waals surface area contributed by atoms with E-state index in [1.54, 1.807) is 0 Å². The Morgan fingerprint density at radius 1 is 1.00 bits per heavy atom. The van der Waals surface area contributed by atoms with E-state index >= 15 is 0 Å². The van der Waals surface area contributed by atoms with Gasteiger partial charge in [0.25, 0.3) is 0 Å². The first-order chi connectivity index (χ1) is 10.8. The molecule has 22 heavy (non-hydrogen) atoms.